The first kappa shape index (κ1) is 14.5. The van der Waals surface area contributed by atoms with Gasteiger partial charge < -0.3 is 5.73 Å². The largest absolute Gasteiger partial charge is 0.369 e. The highest BCUT2D eigenvalue weighted by atomic mass is 35.5. The molecule has 110 valence electrons. The van der Waals surface area contributed by atoms with Crippen LogP contribution in [0.15, 0.2) is 34.0 Å². The van der Waals surface area contributed by atoms with Gasteiger partial charge >= 0.3 is 0 Å². The van der Waals surface area contributed by atoms with Gasteiger partial charge in [-0.15, -0.1) is 11.8 Å². The molecule has 6 heteroatoms. The van der Waals surface area contributed by atoms with Crippen LogP contribution in [0.2, 0.25) is 5.02 Å². The highest BCUT2D eigenvalue weighted by Gasteiger charge is 2.29. The number of H-pyrrole nitrogens is 1. The topological polar surface area (TPSA) is 71.8 Å². The highest BCUT2D eigenvalue weighted by molar-refractivity contribution is 7.99. The maximum absolute atomic E-state index is 12.2. The normalized spacial score (nSPS) is 21.0. The van der Waals surface area contributed by atoms with Gasteiger partial charge in [0.05, 0.1) is 11.3 Å². The summed E-state index contributed by atoms with van der Waals surface area (Å²) in [5, 5.41) is 0.811. The predicted molar refractivity (Wildman–Crippen MR) is 86.8 cm³/mol. The fourth-order valence-corrected chi connectivity index (χ4v) is 4.25. The highest BCUT2D eigenvalue weighted by Crippen LogP contribution is 2.43. The molecule has 3 N–H and O–H groups in total. The number of nitrogens with two attached hydrogens (primary N) is 1. The minimum atomic E-state index is -0.115. The first-order chi connectivity index (χ1) is 10.0. The summed E-state index contributed by atoms with van der Waals surface area (Å²) in [6.45, 7) is 2.18. The molecule has 1 aromatic carbocycles. The summed E-state index contributed by atoms with van der Waals surface area (Å²) in [5.74, 6) is 0.680. The van der Waals surface area contributed by atoms with Gasteiger partial charge in [0.1, 0.15) is 0 Å². The van der Waals surface area contributed by atoms with E-state index < -0.39 is 0 Å². The Hall–Kier alpha value is -1.46. The zero-order chi connectivity index (χ0) is 15.0. The smallest absolute Gasteiger partial charge is 0.256 e. The van der Waals surface area contributed by atoms with Gasteiger partial charge in [0.2, 0.25) is 5.95 Å². The van der Waals surface area contributed by atoms with Crippen molar-refractivity contribution in [3.63, 3.8) is 0 Å². The summed E-state index contributed by atoms with van der Waals surface area (Å²) < 4.78 is 0. The molecule has 1 heterocycles. The van der Waals surface area contributed by atoms with Crippen molar-refractivity contribution >= 4 is 29.3 Å². The molecular formula is C15H16ClN3OS. The Kier molecular flexibility index (Phi) is 3.95. The zero-order valence-corrected chi connectivity index (χ0v) is 13.2. The second kappa shape index (κ2) is 5.73. The van der Waals surface area contributed by atoms with Crippen molar-refractivity contribution < 1.29 is 0 Å². The molecule has 0 amide bonds. The molecule has 4 nitrogen and oxygen atoms in total. The van der Waals surface area contributed by atoms with Crippen LogP contribution in [0.3, 0.4) is 0 Å². The van der Waals surface area contributed by atoms with Gasteiger partial charge in [-0.05, 0) is 43.0 Å². The van der Waals surface area contributed by atoms with Crippen molar-refractivity contribution in [1.29, 1.82) is 0 Å². The van der Waals surface area contributed by atoms with E-state index in [0.29, 0.717) is 10.9 Å². The van der Waals surface area contributed by atoms with Crippen LogP contribution < -0.4 is 11.3 Å². The molecule has 1 aliphatic carbocycles. The average Bonchev–Trinajstić information content (AvgIpc) is 2.40. The van der Waals surface area contributed by atoms with Gasteiger partial charge in [0.25, 0.3) is 5.56 Å². The third-order valence-corrected chi connectivity index (χ3v) is 5.13. The number of aromatic amines is 1. The number of hydrogen-bond acceptors (Lipinski definition) is 4. The summed E-state index contributed by atoms with van der Waals surface area (Å²) in [4.78, 5) is 20.3. The van der Waals surface area contributed by atoms with Gasteiger partial charge in [-0.3, -0.25) is 9.78 Å². The number of nitrogens with zero attached hydrogens (tertiary/aromatic N) is 1. The second-order valence-corrected chi connectivity index (χ2v) is 7.13. The maximum atomic E-state index is 12.2. The number of aromatic nitrogens is 2. The Morgan fingerprint density at radius 2 is 2.10 bits per heavy atom. The molecule has 21 heavy (non-hydrogen) atoms. The monoisotopic (exact) mass is 321 g/mol. The van der Waals surface area contributed by atoms with Crippen LogP contribution >= 0.6 is 23.4 Å². The number of hydrogen-bond donors (Lipinski definition) is 2. The molecule has 2 unspecified atom stereocenters. The van der Waals surface area contributed by atoms with Crippen molar-refractivity contribution in [1.82, 2.24) is 9.97 Å². The van der Waals surface area contributed by atoms with E-state index >= 15 is 0 Å². The lowest BCUT2D eigenvalue weighted by Crippen LogP contribution is -2.27. The van der Waals surface area contributed by atoms with Crippen LogP contribution in [0, 0.1) is 5.92 Å². The molecule has 0 spiro atoms. The maximum Gasteiger partial charge on any atom is 0.256 e. The van der Waals surface area contributed by atoms with E-state index in [4.69, 9.17) is 17.3 Å². The molecule has 2 atom stereocenters. The Balaban J connectivity index is 1.97. The Morgan fingerprint density at radius 3 is 2.81 bits per heavy atom. The van der Waals surface area contributed by atoms with E-state index in [9.17, 15) is 4.79 Å². The van der Waals surface area contributed by atoms with Crippen LogP contribution in [0.4, 0.5) is 5.95 Å². The van der Waals surface area contributed by atoms with Gasteiger partial charge in [0.15, 0.2) is 0 Å². The Labute approximate surface area is 132 Å². The zero-order valence-electron chi connectivity index (χ0n) is 11.6. The first-order valence-corrected chi connectivity index (χ1v) is 8.09. The van der Waals surface area contributed by atoms with Crippen molar-refractivity contribution in [2.45, 2.75) is 29.9 Å². The molecule has 0 radical (unpaired) electrons. The number of thioether (sulfide) groups is 1. The van der Waals surface area contributed by atoms with Gasteiger partial charge in [-0.2, -0.15) is 0 Å². The molecule has 1 aliphatic rings. The predicted octanol–water partition coefficient (Wildman–Crippen LogP) is 3.42. The van der Waals surface area contributed by atoms with Crippen molar-refractivity contribution in [2.24, 2.45) is 5.92 Å². The molecule has 3 rings (SSSR count). The Morgan fingerprint density at radius 1 is 1.38 bits per heavy atom. The lowest BCUT2D eigenvalue weighted by molar-refractivity contribution is 0.482. The molecule has 0 fully saturated rings. The van der Waals surface area contributed by atoms with Crippen molar-refractivity contribution in [3.05, 3.63) is 50.9 Å². The molecule has 0 saturated carbocycles. The molecule has 0 bridgehead atoms. The second-order valence-electron chi connectivity index (χ2n) is 5.42. The number of nitrogens with one attached hydrogen (secondary N) is 1. The number of rotatable bonds is 2. The summed E-state index contributed by atoms with van der Waals surface area (Å²) in [7, 11) is 0. The van der Waals surface area contributed by atoms with Crippen LogP contribution in [0.1, 0.15) is 29.9 Å². The molecular weight excluding hydrogens is 306 g/mol. The van der Waals surface area contributed by atoms with Gasteiger partial charge in [0, 0.05) is 15.2 Å². The fraction of sp³-hybridized carbons (Fsp3) is 0.333. The van der Waals surface area contributed by atoms with E-state index in [-0.39, 0.29) is 16.8 Å². The summed E-state index contributed by atoms with van der Waals surface area (Å²) in [5.41, 5.74) is 7.14. The third-order valence-electron chi connectivity index (χ3n) is 3.62. The number of nitrogen functional groups attached to an aromatic ring is 1. The van der Waals surface area contributed by atoms with E-state index in [0.717, 1.165) is 29.0 Å². The number of fused-ring (bicyclic) bond motifs is 1. The van der Waals surface area contributed by atoms with E-state index in [1.54, 1.807) is 11.8 Å². The number of anilines is 1. The number of halogens is 1. The molecule has 0 saturated heterocycles. The SMILES string of the molecule is CC1Cc2nc(N)[nH]c(=O)c2C(Sc2ccc(Cl)cc2)C1. The van der Waals surface area contributed by atoms with E-state index in [1.165, 1.54) is 0 Å². The quantitative estimate of drug-likeness (QED) is 0.889. The minimum absolute atomic E-state index is 0.0989. The fourth-order valence-electron chi connectivity index (χ4n) is 2.72. The summed E-state index contributed by atoms with van der Waals surface area (Å²) in [6, 6.07) is 7.68. The lowest BCUT2D eigenvalue weighted by atomic mass is 9.88. The molecule has 0 aliphatic heterocycles. The van der Waals surface area contributed by atoms with Gasteiger partial charge in [-0.25, -0.2) is 4.98 Å². The Bertz CT molecular complexity index is 714. The third kappa shape index (κ3) is 3.09. The number of benzene rings is 1. The first-order valence-electron chi connectivity index (χ1n) is 6.83. The van der Waals surface area contributed by atoms with E-state index in [2.05, 4.69) is 16.9 Å². The standard InChI is InChI=1S/C15H16ClN3OS/c1-8-6-11-13(14(20)19-15(17)18-11)12(7-8)21-10-4-2-9(16)3-5-10/h2-5,8,12H,6-7H2,1H3,(H3,17,18,19,20). The van der Waals surface area contributed by atoms with Gasteiger partial charge in [-0.1, -0.05) is 18.5 Å². The summed E-state index contributed by atoms with van der Waals surface area (Å²) in [6.07, 6.45) is 1.76. The minimum Gasteiger partial charge on any atom is -0.369 e. The van der Waals surface area contributed by atoms with Crippen LogP contribution in [0.5, 0.6) is 0 Å². The summed E-state index contributed by atoms with van der Waals surface area (Å²) >= 11 is 7.59. The lowest BCUT2D eigenvalue weighted by Gasteiger charge is -2.27. The van der Waals surface area contributed by atoms with Crippen molar-refractivity contribution in [2.75, 3.05) is 5.73 Å². The van der Waals surface area contributed by atoms with Crippen LogP contribution in [-0.2, 0) is 6.42 Å². The molecule has 2 aromatic rings. The van der Waals surface area contributed by atoms with Crippen molar-refractivity contribution in [3.8, 4) is 0 Å². The van der Waals surface area contributed by atoms with Crippen LogP contribution in [-0.4, -0.2) is 9.97 Å². The van der Waals surface area contributed by atoms with E-state index in [1.807, 2.05) is 24.3 Å². The van der Waals surface area contributed by atoms with Crippen LogP contribution in [0.25, 0.3) is 0 Å². The average molecular weight is 322 g/mol. The molecule has 1 aromatic heterocycles.